The Kier molecular flexibility index (Phi) is 5.46. The fourth-order valence-corrected chi connectivity index (χ4v) is 3.52. The van der Waals surface area contributed by atoms with Gasteiger partial charge in [0.2, 0.25) is 5.91 Å². The van der Waals surface area contributed by atoms with Crippen molar-refractivity contribution >= 4 is 29.1 Å². The van der Waals surface area contributed by atoms with E-state index in [1.54, 1.807) is 25.1 Å². The zero-order valence-electron chi connectivity index (χ0n) is 18.0. The molecule has 4 rings (SSSR count). The molecule has 0 saturated heterocycles. The van der Waals surface area contributed by atoms with Crippen molar-refractivity contribution in [3.8, 4) is 11.5 Å². The second kappa shape index (κ2) is 8.26. The predicted molar refractivity (Wildman–Crippen MR) is 116 cm³/mol. The lowest BCUT2D eigenvalue weighted by molar-refractivity contribution is -0.385. The van der Waals surface area contributed by atoms with E-state index in [2.05, 4.69) is 15.5 Å². The van der Waals surface area contributed by atoms with Crippen molar-refractivity contribution in [2.24, 2.45) is 0 Å². The SMILES string of the molecule is Cc1cccc(-c2nc(C(C)C)no2)c1NC(=O)CN1C(=O)c2cccc([N+](=O)[O-])c2C1=O. The van der Waals surface area contributed by atoms with Gasteiger partial charge in [-0.2, -0.15) is 4.98 Å². The molecule has 0 fully saturated rings. The standard InChI is InChI=1S/C22H19N5O6/c1-11(2)19-24-20(33-25-19)14-8-4-6-12(3)18(14)23-16(28)10-26-21(29)13-7-5-9-15(27(31)32)17(13)22(26)30/h4-9,11H,10H2,1-3H3,(H,23,28). The van der Waals surface area contributed by atoms with E-state index in [4.69, 9.17) is 4.52 Å². The van der Waals surface area contributed by atoms with E-state index in [-0.39, 0.29) is 22.9 Å². The van der Waals surface area contributed by atoms with Crippen molar-refractivity contribution in [1.82, 2.24) is 15.0 Å². The van der Waals surface area contributed by atoms with Crippen molar-refractivity contribution in [1.29, 1.82) is 0 Å². The molecule has 168 valence electrons. The first-order chi connectivity index (χ1) is 15.7. The number of hydrogen-bond donors (Lipinski definition) is 1. The smallest absolute Gasteiger partial charge is 0.282 e. The second-order valence-corrected chi connectivity index (χ2v) is 7.81. The maximum Gasteiger partial charge on any atom is 0.282 e. The molecule has 2 heterocycles. The van der Waals surface area contributed by atoms with Crippen LogP contribution in [0.2, 0.25) is 0 Å². The number of rotatable bonds is 6. The lowest BCUT2D eigenvalue weighted by atomic mass is 10.1. The number of benzene rings is 2. The minimum atomic E-state index is -0.888. The first-order valence-electron chi connectivity index (χ1n) is 10.1. The van der Waals surface area contributed by atoms with Crippen LogP contribution in [0.5, 0.6) is 0 Å². The highest BCUT2D eigenvalue weighted by Crippen LogP contribution is 2.32. The van der Waals surface area contributed by atoms with Gasteiger partial charge in [-0.1, -0.05) is 37.2 Å². The van der Waals surface area contributed by atoms with Gasteiger partial charge < -0.3 is 9.84 Å². The van der Waals surface area contributed by atoms with Crippen LogP contribution >= 0.6 is 0 Å². The summed E-state index contributed by atoms with van der Waals surface area (Å²) in [6, 6.07) is 9.02. The number of para-hydroxylation sites is 1. The van der Waals surface area contributed by atoms with Gasteiger partial charge in [0.1, 0.15) is 12.1 Å². The van der Waals surface area contributed by atoms with Crippen LogP contribution in [-0.2, 0) is 4.79 Å². The molecule has 0 atom stereocenters. The summed E-state index contributed by atoms with van der Waals surface area (Å²) in [5, 5.41) is 17.9. The van der Waals surface area contributed by atoms with Crippen LogP contribution in [-0.4, -0.2) is 44.2 Å². The highest BCUT2D eigenvalue weighted by atomic mass is 16.6. The maximum atomic E-state index is 12.8. The second-order valence-electron chi connectivity index (χ2n) is 7.81. The Labute approximate surface area is 187 Å². The topological polar surface area (TPSA) is 149 Å². The van der Waals surface area contributed by atoms with Gasteiger partial charge in [0.15, 0.2) is 5.82 Å². The molecule has 0 unspecified atom stereocenters. The molecule has 11 heteroatoms. The van der Waals surface area contributed by atoms with Gasteiger partial charge in [-0.3, -0.25) is 29.4 Å². The van der Waals surface area contributed by atoms with E-state index in [0.29, 0.717) is 27.5 Å². The van der Waals surface area contributed by atoms with Crippen LogP contribution in [0.1, 0.15) is 51.9 Å². The molecule has 1 aromatic heterocycles. The molecule has 1 aliphatic heterocycles. The molecule has 0 radical (unpaired) electrons. The van der Waals surface area contributed by atoms with E-state index in [1.165, 1.54) is 12.1 Å². The number of nitro groups is 1. The number of carbonyl (C=O) groups is 3. The van der Waals surface area contributed by atoms with Crippen LogP contribution in [0.3, 0.4) is 0 Å². The third kappa shape index (κ3) is 3.84. The molecular formula is C22H19N5O6. The number of fused-ring (bicyclic) bond motifs is 1. The number of nitrogens with zero attached hydrogens (tertiary/aromatic N) is 4. The fraction of sp³-hybridized carbons (Fsp3) is 0.227. The van der Waals surface area contributed by atoms with E-state index >= 15 is 0 Å². The molecule has 1 N–H and O–H groups in total. The van der Waals surface area contributed by atoms with E-state index < -0.39 is 34.9 Å². The monoisotopic (exact) mass is 449 g/mol. The summed E-state index contributed by atoms with van der Waals surface area (Å²) < 4.78 is 5.34. The summed E-state index contributed by atoms with van der Waals surface area (Å²) in [5.41, 5.74) is 0.676. The van der Waals surface area contributed by atoms with Gasteiger partial charge in [0, 0.05) is 12.0 Å². The number of hydrogen-bond acceptors (Lipinski definition) is 8. The third-order valence-electron chi connectivity index (χ3n) is 5.20. The van der Waals surface area contributed by atoms with Crippen LogP contribution in [0.15, 0.2) is 40.9 Å². The Morgan fingerprint density at radius 2 is 1.85 bits per heavy atom. The Balaban J connectivity index is 1.59. The van der Waals surface area contributed by atoms with Gasteiger partial charge in [-0.05, 0) is 24.6 Å². The van der Waals surface area contributed by atoms with Crippen molar-refractivity contribution in [3.63, 3.8) is 0 Å². The average molecular weight is 449 g/mol. The highest BCUT2D eigenvalue weighted by Gasteiger charge is 2.41. The molecule has 0 spiro atoms. The maximum absolute atomic E-state index is 12.8. The first-order valence-corrected chi connectivity index (χ1v) is 10.1. The summed E-state index contributed by atoms with van der Waals surface area (Å²) in [4.78, 5) is 53.8. The third-order valence-corrected chi connectivity index (χ3v) is 5.20. The molecule has 3 aromatic rings. The minimum Gasteiger partial charge on any atom is -0.334 e. The molecule has 0 saturated carbocycles. The Morgan fingerprint density at radius 3 is 2.52 bits per heavy atom. The summed E-state index contributed by atoms with van der Waals surface area (Å²) in [5.74, 6) is -1.54. The number of imide groups is 1. The van der Waals surface area contributed by atoms with E-state index in [1.807, 2.05) is 13.8 Å². The Hall–Kier alpha value is -4.41. The van der Waals surface area contributed by atoms with Crippen LogP contribution in [0.25, 0.3) is 11.5 Å². The Morgan fingerprint density at radius 1 is 1.15 bits per heavy atom. The quantitative estimate of drug-likeness (QED) is 0.342. The minimum absolute atomic E-state index is 0.0447. The molecule has 33 heavy (non-hydrogen) atoms. The largest absolute Gasteiger partial charge is 0.334 e. The number of amides is 3. The van der Waals surface area contributed by atoms with Crippen molar-refractivity contribution < 1.29 is 23.8 Å². The molecule has 0 aliphatic carbocycles. The zero-order chi connectivity index (χ0) is 23.9. The van der Waals surface area contributed by atoms with E-state index in [0.717, 1.165) is 6.07 Å². The van der Waals surface area contributed by atoms with Gasteiger partial charge in [0.25, 0.3) is 23.4 Å². The van der Waals surface area contributed by atoms with Crippen LogP contribution in [0, 0.1) is 17.0 Å². The van der Waals surface area contributed by atoms with Crippen LogP contribution in [0.4, 0.5) is 11.4 Å². The van der Waals surface area contributed by atoms with Gasteiger partial charge in [0.05, 0.1) is 21.7 Å². The molecular weight excluding hydrogens is 430 g/mol. The molecule has 0 bridgehead atoms. The first kappa shape index (κ1) is 21.8. The number of anilines is 1. The average Bonchev–Trinajstić information content (AvgIpc) is 3.35. The zero-order valence-corrected chi connectivity index (χ0v) is 18.0. The molecule has 3 amide bonds. The normalized spacial score (nSPS) is 12.9. The molecule has 11 nitrogen and oxygen atoms in total. The number of nitrogens with one attached hydrogen (secondary N) is 1. The van der Waals surface area contributed by atoms with Crippen LogP contribution < -0.4 is 5.32 Å². The number of aromatic nitrogens is 2. The summed E-state index contributed by atoms with van der Waals surface area (Å²) in [7, 11) is 0. The molecule has 1 aliphatic rings. The van der Waals surface area contributed by atoms with Crippen molar-refractivity contribution in [2.45, 2.75) is 26.7 Å². The highest BCUT2D eigenvalue weighted by molar-refractivity contribution is 6.24. The van der Waals surface area contributed by atoms with Gasteiger partial charge in [-0.15, -0.1) is 0 Å². The Bertz CT molecular complexity index is 1310. The lowest BCUT2D eigenvalue weighted by Crippen LogP contribution is -2.37. The summed E-state index contributed by atoms with van der Waals surface area (Å²) >= 11 is 0. The van der Waals surface area contributed by atoms with Gasteiger partial charge in [-0.25, -0.2) is 0 Å². The number of carbonyl (C=O) groups excluding carboxylic acids is 3. The van der Waals surface area contributed by atoms with E-state index in [9.17, 15) is 24.5 Å². The lowest BCUT2D eigenvalue weighted by Gasteiger charge is -2.16. The predicted octanol–water partition coefficient (Wildman–Crippen LogP) is 3.31. The molecule has 2 aromatic carbocycles. The van der Waals surface area contributed by atoms with Crippen molar-refractivity contribution in [2.75, 3.05) is 11.9 Å². The summed E-state index contributed by atoms with van der Waals surface area (Å²) in [6.07, 6.45) is 0. The summed E-state index contributed by atoms with van der Waals surface area (Å²) in [6.45, 7) is 4.99. The number of nitro benzene ring substituents is 1. The van der Waals surface area contributed by atoms with Gasteiger partial charge >= 0.3 is 0 Å². The number of aryl methyl sites for hydroxylation is 1. The fourth-order valence-electron chi connectivity index (χ4n) is 3.52. The van der Waals surface area contributed by atoms with Crippen molar-refractivity contribution in [3.05, 3.63) is 69.0 Å².